The van der Waals surface area contributed by atoms with Gasteiger partial charge in [-0.15, -0.1) is 0 Å². The lowest BCUT2D eigenvalue weighted by Crippen LogP contribution is -2.43. The van der Waals surface area contributed by atoms with E-state index in [1.165, 1.54) is 22.3 Å². The Morgan fingerprint density at radius 2 is 1.97 bits per heavy atom. The molecule has 0 unspecified atom stereocenters. The highest BCUT2D eigenvalue weighted by Crippen LogP contribution is 2.50. The quantitative estimate of drug-likeness (QED) is 0.440. The molecule has 0 fully saturated rings. The first kappa shape index (κ1) is 24.6. The van der Waals surface area contributed by atoms with Crippen molar-refractivity contribution in [1.29, 1.82) is 0 Å². The molecule has 0 saturated heterocycles. The molecule has 1 N–H and O–H groups in total. The standard InChI is InChI=1S/C27H33F3N2O2/c1-18-14-22-21-7-4-3-6-19(21)15-23(22)27(32(18)17-26(29)30)24-16-20(8-9-25(24)33-2)34-13-12-31-11-5-10-28/h3-4,6-9,16,18,26-27,31H,5,10-15,17H2,1-2H3/t18-,27+/m1/s1. The molecule has 4 nitrogen and oxygen atoms in total. The Bertz CT molecular complexity index is 1010. The van der Waals surface area contributed by atoms with Crippen LogP contribution >= 0.6 is 0 Å². The lowest BCUT2D eigenvalue weighted by Gasteiger charge is -2.42. The van der Waals surface area contributed by atoms with Gasteiger partial charge in [0, 0.05) is 18.2 Å². The van der Waals surface area contributed by atoms with Gasteiger partial charge in [-0.25, -0.2) is 8.78 Å². The minimum absolute atomic E-state index is 0.0436. The lowest BCUT2D eigenvalue weighted by molar-refractivity contribution is 0.0475. The summed E-state index contributed by atoms with van der Waals surface area (Å²) in [6, 6.07) is 13.6. The maximum absolute atomic E-state index is 13.7. The fourth-order valence-electron chi connectivity index (χ4n) is 5.21. The Morgan fingerprint density at radius 3 is 2.74 bits per heavy atom. The number of alkyl halides is 3. The van der Waals surface area contributed by atoms with Crippen LogP contribution in [0, 0.1) is 0 Å². The van der Waals surface area contributed by atoms with Crippen LogP contribution < -0.4 is 14.8 Å². The van der Waals surface area contributed by atoms with E-state index < -0.39 is 6.43 Å². The van der Waals surface area contributed by atoms with Gasteiger partial charge in [0.05, 0.1) is 26.4 Å². The van der Waals surface area contributed by atoms with E-state index in [0.717, 1.165) is 18.4 Å². The van der Waals surface area contributed by atoms with Gasteiger partial charge >= 0.3 is 0 Å². The first-order chi connectivity index (χ1) is 16.5. The van der Waals surface area contributed by atoms with Crippen molar-refractivity contribution in [3.63, 3.8) is 0 Å². The Labute approximate surface area is 199 Å². The molecule has 1 aliphatic carbocycles. The smallest absolute Gasteiger partial charge is 0.251 e. The van der Waals surface area contributed by atoms with E-state index in [4.69, 9.17) is 9.47 Å². The Hall–Kier alpha value is -2.51. The number of benzene rings is 2. The third-order valence-corrected chi connectivity index (χ3v) is 6.72. The number of methoxy groups -OCH3 is 1. The van der Waals surface area contributed by atoms with Gasteiger partial charge in [0.15, 0.2) is 0 Å². The molecule has 0 saturated carbocycles. The van der Waals surface area contributed by atoms with Gasteiger partial charge in [0.2, 0.25) is 0 Å². The molecule has 2 aromatic rings. The van der Waals surface area contributed by atoms with Crippen molar-refractivity contribution in [2.75, 3.05) is 40.0 Å². The van der Waals surface area contributed by atoms with E-state index in [9.17, 15) is 13.2 Å². The highest BCUT2D eigenvalue weighted by Gasteiger charge is 2.40. The van der Waals surface area contributed by atoms with Crippen molar-refractivity contribution < 1.29 is 22.6 Å². The zero-order chi connectivity index (χ0) is 24.1. The zero-order valence-corrected chi connectivity index (χ0v) is 19.8. The molecule has 0 amide bonds. The minimum Gasteiger partial charge on any atom is -0.496 e. The summed E-state index contributed by atoms with van der Waals surface area (Å²) in [5, 5.41) is 3.14. The van der Waals surface area contributed by atoms with Crippen LogP contribution in [0.15, 0.2) is 48.0 Å². The van der Waals surface area contributed by atoms with Gasteiger partial charge in [-0.05, 0) is 73.2 Å². The molecule has 1 aliphatic heterocycles. The maximum Gasteiger partial charge on any atom is 0.251 e. The average Bonchev–Trinajstić information content (AvgIpc) is 3.19. The van der Waals surface area contributed by atoms with E-state index in [1.54, 1.807) is 7.11 Å². The van der Waals surface area contributed by atoms with Crippen LogP contribution in [0.5, 0.6) is 11.5 Å². The molecule has 184 valence electrons. The van der Waals surface area contributed by atoms with Crippen molar-refractivity contribution >= 4 is 5.57 Å². The third-order valence-electron chi connectivity index (χ3n) is 6.72. The highest BCUT2D eigenvalue weighted by atomic mass is 19.3. The molecule has 1 heterocycles. The van der Waals surface area contributed by atoms with Gasteiger partial charge in [0.25, 0.3) is 6.43 Å². The van der Waals surface area contributed by atoms with Gasteiger partial charge in [0.1, 0.15) is 18.1 Å². The fourth-order valence-corrected chi connectivity index (χ4v) is 5.21. The molecule has 2 aliphatic rings. The number of nitrogens with one attached hydrogen (secondary N) is 1. The van der Waals surface area contributed by atoms with Crippen LogP contribution in [0.4, 0.5) is 13.2 Å². The van der Waals surface area contributed by atoms with Crippen molar-refractivity contribution in [2.24, 2.45) is 0 Å². The number of halogens is 3. The Morgan fingerprint density at radius 1 is 1.15 bits per heavy atom. The molecule has 0 spiro atoms. The molecule has 7 heteroatoms. The highest BCUT2D eigenvalue weighted by molar-refractivity contribution is 5.79. The Balaban J connectivity index is 1.66. The number of ether oxygens (including phenoxy) is 2. The van der Waals surface area contributed by atoms with Gasteiger partial charge in [-0.1, -0.05) is 24.3 Å². The van der Waals surface area contributed by atoms with Crippen LogP contribution in [0.25, 0.3) is 5.57 Å². The average molecular weight is 475 g/mol. The molecular weight excluding hydrogens is 441 g/mol. The molecule has 0 aromatic heterocycles. The number of hydrogen-bond acceptors (Lipinski definition) is 4. The zero-order valence-electron chi connectivity index (χ0n) is 19.8. The summed E-state index contributed by atoms with van der Waals surface area (Å²) in [7, 11) is 1.61. The normalized spacial score (nSPS) is 19.9. The second-order valence-corrected chi connectivity index (χ2v) is 8.93. The van der Waals surface area contributed by atoms with Gasteiger partial charge in [-0.2, -0.15) is 0 Å². The van der Waals surface area contributed by atoms with Crippen molar-refractivity contribution in [2.45, 2.75) is 44.7 Å². The maximum atomic E-state index is 13.7. The number of hydrogen-bond donors (Lipinski definition) is 1. The molecule has 0 bridgehead atoms. The molecule has 4 rings (SSSR count). The number of nitrogens with zero attached hydrogens (tertiary/aromatic N) is 1. The Kier molecular flexibility index (Phi) is 8.16. The lowest BCUT2D eigenvalue weighted by atomic mass is 9.84. The summed E-state index contributed by atoms with van der Waals surface area (Å²) in [6.45, 7) is 3.02. The van der Waals surface area contributed by atoms with Gasteiger partial charge in [-0.3, -0.25) is 9.29 Å². The monoisotopic (exact) mass is 474 g/mol. The van der Waals surface area contributed by atoms with Crippen LogP contribution in [0.2, 0.25) is 0 Å². The summed E-state index contributed by atoms with van der Waals surface area (Å²) in [6.07, 6.45) is -0.461. The van der Waals surface area contributed by atoms with E-state index >= 15 is 0 Å². The fraction of sp³-hybridized carbons (Fsp3) is 0.481. The van der Waals surface area contributed by atoms with Gasteiger partial charge < -0.3 is 14.8 Å². The van der Waals surface area contributed by atoms with Crippen molar-refractivity contribution in [3.8, 4) is 11.5 Å². The van der Waals surface area contributed by atoms with Crippen LogP contribution in [0.3, 0.4) is 0 Å². The summed E-state index contributed by atoms with van der Waals surface area (Å²) in [5.74, 6) is 1.32. The third kappa shape index (κ3) is 5.26. The topological polar surface area (TPSA) is 33.7 Å². The van der Waals surface area contributed by atoms with E-state index in [2.05, 4.69) is 17.4 Å². The summed E-state index contributed by atoms with van der Waals surface area (Å²) in [4.78, 5) is 1.91. The van der Waals surface area contributed by atoms with Crippen LogP contribution in [-0.2, 0) is 6.42 Å². The first-order valence-electron chi connectivity index (χ1n) is 11.9. The predicted molar refractivity (Wildman–Crippen MR) is 129 cm³/mol. The molecular formula is C27H33F3N2O2. The number of fused-ring (bicyclic) bond motifs is 2. The van der Waals surface area contributed by atoms with E-state index in [-0.39, 0.29) is 25.3 Å². The SMILES string of the molecule is COc1ccc(OCCNCCCF)cc1[C@@H]1C2=C(C[C@@H](C)N1CC(F)F)c1ccccc1C2. The van der Waals surface area contributed by atoms with Crippen LogP contribution in [0.1, 0.15) is 42.5 Å². The summed E-state index contributed by atoms with van der Waals surface area (Å²) >= 11 is 0. The summed E-state index contributed by atoms with van der Waals surface area (Å²) in [5.41, 5.74) is 5.76. The minimum atomic E-state index is -2.43. The second kappa shape index (κ2) is 11.3. The molecule has 34 heavy (non-hydrogen) atoms. The molecule has 2 atom stereocenters. The van der Waals surface area contributed by atoms with E-state index in [0.29, 0.717) is 37.6 Å². The first-order valence-corrected chi connectivity index (χ1v) is 11.9. The predicted octanol–water partition coefficient (Wildman–Crippen LogP) is 5.43. The molecule has 2 aromatic carbocycles. The van der Waals surface area contributed by atoms with Crippen molar-refractivity contribution in [3.05, 3.63) is 64.7 Å². The second-order valence-electron chi connectivity index (χ2n) is 8.93. The largest absolute Gasteiger partial charge is 0.496 e. The molecule has 0 radical (unpaired) electrons. The number of rotatable bonds is 11. The van der Waals surface area contributed by atoms with E-state index in [1.807, 2.05) is 42.2 Å². The van der Waals surface area contributed by atoms with Crippen molar-refractivity contribution in [1.82, 2.24) is 10.2 Å². The summed E-state index contributed by atoms with van der Waals surface area (Å²) < 4.78 is 51.3. The van der Waals surface area contributed by atoms with Crippen LogP contribution in [-0.4, -0.2) is 57.4 Å².